The Morgan fingerprint density at radius 1 is 1.00 bits per heavy atom. The van der Waals surface area contributed by atoms with Crippen LogP contribution in [-0.2, 0) is 0 Å². The van der Waals surface area contributed by atoms with Gasteiger partial charge in [-0.1, -0.05) is 6.08 Å². The fourth-order valence-corrected chi connectivity index (χ4v) is 5.41. The number of piperazine rings is 1. The van der Waals surface area contributed by atoms with Crippen LogP contribution in [0.4, 0.5) is 4.39 Å². The summed E-state index contributed by atoms with van der Waals surface area (Å²) in [5.41, 5.74) is 1.45. The minimum atomic E-state index is -0.470. The maximum atomic E-state index is 14.4. The van der Waals surface area contributed by atoms with Crippen molar-refractivity contribution in [3.8, 4) is 5.75 Å². The topological polar surface area (TPSA) is 32.8 Å². The van der Waals surface area contributed by atoms with Crippen LogP contribution in [-0.4, -0.2) is 62.0 Å². The summed E-state index contributed by atoms with van der Waals surface area (Å²) in [5.74, 6) is 2.03. The predicted octanol–water partition coefficient (Wildman–Crippen LogP) is 5.11. The predicted molar refractivity (Wildman–Crippen MR) is 127 cm³/mol. The molecule has 1 aromatic rings. The van der Waals surface area contributed by atoms with Crippen LogP contribution < -0.4 is 4.74 Å². The van der Waals surface area contributed by atoms with Crippen molar-refractivity contribution >= 4 is 5.78 Å². The molecule has 0 N–H and O–H groups in total. The highest BCUT2D eigenvalue weighted by molar-refractivity contribution is 6.08. The Kier molecular flexibility index (Phi) is 7.67. The van der Waals surface area contributed by atoms with Crippen LogP contribution in [0.15, 0.2) is 23.8 Å². The van der Waals surface area contributed by atoms with Crippen LogP contribution in [0, 0.1) is 30.5 Å². The second-order valence-corrected chi connectivity index (χ2v) is 10.3. The van der Waals surface area contributed by atoms with E-state index in [4.69, 9.17) is 4.74 Å². The maximum absolute atomic E-state index is 14.4. The van der Waals surface area contributed by atoms with E-state index in [0.717, 1.165) is 24.7 Å². The first-order valence-electron chi connectivity index (χ1n) is 12.4. The average Bonchev–Trinajstić information content (AvgIpc) is 3.60. The van der Waals surface area contributed by atoms with Crippen LogP contribution in [0.5, 0.6) is 5.75 Å². The van der Waals surface area contributed by atoms with Gasteiger partial charge in [-0.2, -0.15) is 0 Å². The molecule has 0 aromatic heterocycles. The largest absolute Gasteiger partial charge is 0.496 e. The van der Waals surface area contributed by atoms with Crippen molar-refractivity contribution in [1.29, 1.82) is 0 Å². The van der Waals surface area contributed by atoms with Gasteiger partial charge in [0.25, 0.3) is 0 Å². The van der Waals surface area contributed by atoms with E-state index in [2.05, 4.69) is 15.9 Å². The first kappa shape index (κ1) is 23.4. The molecular weight excluding hydrogens is 403 g/mol. The smallest absolute Gasteiger partial charge is 0.191 e. The molecule has 0 spiro atoms. The monoisotopic (exact) mass is 442 g/mol. The van der Waals surface area contributed by atoms with Crippen LogP contribution >= 0.6 is 0 Å². The van der Waals surface area contributed by atoms with E-state index in [1.54, 1.807) is 14.0 Å². The fraction of sp³-hybridized carbons (Fsp3) is 0.667. The molecular formula is C27H39FN2O2. The third kappa shape index (κ3) is 5.99. The zero-order valence-corrected chi connectivity index (χ0v) is 20.0. The van der Waals surface area contributed by atoms with Gasteiger partial charge in [-0.15, -0.1) is 0 Å². The summed E-state index contributed by atoms with van der Waals surface area (Å²) in [7, 11) is 1.55. The van der Waals surface area contributed by atoms with Crippen molar-refractivity contribution in [2.24, 2.45) is 17.8 Å². The standard InChI is InChI=1S/C27H39FN2O2/c1-19-15-25(28)24(16-26(19)32-3)27(31)20(2)14-21-4-6-22(7-5-21)17-29-10-12-30(13-11-29)18-23-8-9-23/h14-16,21-23H,4-13,17-18H2,1-3H3. The van der Waals surface area contributed by atoms with Crippen molar-refractivity contribution in [3.63, 3.8) is 0 Å². The number of aryl methyl sites for hydroxylation is 1. The van der Waals surface area contributed by atoms with Gasteiger partial charge in [-0.25, -0.2) is 4.39 Å². The number of hydrogen-bond donors (Lipinski definition) is 0. The van der Waals surface area contributed by atoms with Crippen LogP contribution in [0.1, 0.15) is 61.4 Å². The molecule has 0 unspecified atom stereocenters. The highest BCUT2D eigenvalue weighted by Gasteiger charge is 2.28. The van der Waals surface area contributed by atoms with Gasteiger partial charge >= 0.3 is 0 Å². The van der Waals surface area contributed by atoms with Crippen LogP contribution in [0.3, 0.4) is 0 Å². The first-order valence-corrected chi connectivity index (χ1v) is 12.4. The van der Waals surface area contributed by atoms with Gasteiger partial charge in [0.05, 0.1) is 12.7 Å². The Labute approximate surface area is 192 Å². The Morgan fingerprint density at radius 3 is 2.03 bits per heavy atom. The highest BCUT2D eigenvalue weighted by atomic mass is 19.1. The number of nitrogens with zero attached hydrogens (tertiary/aromatic N) is 2. The summed E-state index contributed by atoms with van der Waals surface area (Å²) in [4.78, 5) is 18.2. The minimum absolute atomic E-state index is 0.107. The van der Waals surface area contributed by atoms with E-state index >= 15 is 0 Å². The number of rotatable bonds is 8. The van der Waals surface area contributed by atoms with Gasteiger partial charge in [0, 0.05) is 39.3 Å². The molecule has 3 aliphatic rings. The Balaban J connectivity index is 1.24. The molecule has 1 saturated heterocycles. The maximum Gasteiger partial charge on any atom is 0.191 e. The number of carbonyl (C=O) groups is 1. The van der Waals surface area contributed by atoms with E-state index in [1.165, 1.54) is 77.1 Å². The molecule has 5 heteroatoms. The Morgan fingerprint density at radius 2 is 1.53 bits per heavy atom. The van der Waals surface area contributed by atoms with Gasteiger partial charge < -0.3 is 14.5 Å². The van der Waals surface area contributed by atoms with Crippen molar-refractivity contribution in [1.82, 2.24) is 9.80 Å². The highest BCUT2D eigenvalue weighted by Crippen LogP contribution is 2.33. The first-order chi connectivity index (χ1) is 15.4. The third-order valence-corrected chi connectivity index (χ3v) is 7.66. The average molecular weight is 443 g/mol. The van der Waals surface area contributed by atoms with Crippen molar-refractivity contribution in [2.75, 3.05) is 46.4 Å². The summed E-state index contributed by atoms with van der Waals surface area (Å²) in [6.45, 7) is 11.0. The normalized spacial score (nSPS) is 25.7. The number of allylic oxidation sites excluding steroid dienone is 2. The Hall–Kier alpha value is -1.72. The lowest BCUT2D eigenvalue weighted by atomic mass is 9.80. The summed E-state index contributed by atoms with van der Waals surface area (Å²) in [6, 6.07) is 2.92. The number of halogens is 1. The summed E-state index contributed by atoms with van der Waals surface area (Å²) < 4.78 is 19.7. The number of ether oxygens (including phenoxy) is 1. The molecule has 32 heavy (non-hydrogen) atoms. The number of methoxy groups -OCH3 is 1. The van der Waals surface area contributed by atoms with Gasteiger partial charge in [-0.05, 0) is 93.4 Å². The molecule has 2 saturated carbocycles. The third-order valence-electron chi connectivity index (χ3n) is 7.66. The zero-order valence-electron chi connectivity index (χ0n) is 20.0. The summed E-state index contributed by atoms with van der Waals surface area (Å²) in [6.07, 6.45) is 9.65. The molecule has 176 valence electrons. The van der Waals surface area contributed by atoms with E-state index in [0.29, 0.717) is 22.8 Å². The van der Waals surface area contributed by atoms with Gasteiger partial charge in [0.15, 0.2) is 5.78 Å². The SMILES string of the molecule is COc1cc(C(=O)C(C)=CC2CCC(CN3CCN(CC4CC4)CC3)CC2)c(F)cc1C. The molecule has 1 heterocycles. The lowest BCUT2D eigenvalue weighted by Crippen LogP contribution is -2.48. The van der Waals surface area contributed by atoms with Gasteiger partial charge in [-0.3, -0.25) is 4.79 Å². The van der Waals surface area contributed by atoms with Crippen molar-refractivity contribution in [3.05, 3.63) is 40.7 Å². The zero-order chi connectivity index (χ0) is 22.7. The lowest BCUT2D eigenvalue weighted by Gasteiger charge is -2.38. The van der Waals surface area contributed by atoms with E-state index < -0.39 is 5.82 Å². The van der Waals surface area contributed by atoms with Crippen molar-refractivity contribution < 1.29 is 13.9 Å². The van der Waals surface area contributed by atoms with Gasteiger partial charge in [0.1, 0.15) is 11.6 Å². The molecule has 3 fully saturated rings. The molecule has 0 amide bonds. The van der Waals surface area contributed by atoms with E-state index in [9.17, 15) is 9.18 Å². The minimum Gasteiger partial charge on any atom is -0.496 e. The summed E-state index contributed by atoms with van der Waals surface area (Å²) >= 11 is 0. The second-order valence-electron chi connectivity index (χ2n) is 10.3. The molecule has 1 aromatic carbocycles. The van der Waals surface area contributed by atoms with Crippen LogP contribution in [0.2, 0.25) is 0 Å². The molecule has 0 bridgehead atoms. The number of carbonyl (C=O) groups excluding carboxylic acids is 1. The lowest BCUT2D eigenvalue weighted by molar-refractivity contribution is 0.102. The molecule has 0 atom stereocenters. The molecule has 1 aliphatic heterocycles. The molecule has 4 nitrogen and oxygen atoms in total. The second kappa shape index (κ2) is 10.5. The number of Topliss-reactive ketones (excluding diaryl/α,β-unsaturated/α-hetero) is 1. The summed E-state index contributed by atoms with van der Waals surface area (Å²) in [5, 5.41) is 0. The Bertz CT molecular complexity index is 832. The molecule has 4 rings (SSSR count). The van der Waals surface area contributed by atoms with E-state index in [1.807, 2.05) is 6.92 Å². The number of hydrogen-bond acceptors (Lipinski definition) is 4. The quantitative estimate of drug-likeness (QED) is 0.414. The van der Waals surface area contributed by atoms with E-state index in [-0.39, 0.29) is 11.3 Å². The number of ketones is 1. The van der Waals surface area contributed by atoms with Crippen LogP contribution in [0.25, 0.3) is 0 Å². The molecule has 2 aliphatic carbocycles. The van der Waals surface area contributed by atoms with Gasteiger partial charge in [0.2, 0.25) is 0 Å². The number of benzene rings is 1. The fourth-order valence-electron chi connectivity index (χ4n) is 5.41. The molecule has 0 radical (unpaired) electrons. The van der Waals surface area contributed by atoms with Crippen molar-refractivity contribution in [2.45, 2.75) is 52.4 Å².